The molecular formula is C47H49Br2ClN16O2S2. The maximum absolute atomic E-state index is 6.76. The van der Waals surface area contributed by atoms with E-state index in [2.05, 4.69) is 100 Å². The smallest absolute Gasteiger partial charge is 0.229 e. The standard InChI is InChI=1S/C47H49Br2ClN16O2S2/c1-63-37-13-18-66(26-14-19-68-27(20-26)8-7-15-52-32-9-11-34(42(40(32)51)64(2)69-5)58-44-30(48)24-55-46(50)61-44)38-22-39(67-4)36(21-28(38)29(37)23-57-63)60-47-56-25-31(49)45(62-47)59-35-12-10-33-41(54-17-16-53-33)43(35)65(3)70-6/h7-12,15-17,21-27H,13-14,18-20,51H2,1-6H3,(H,55,58,61)(H2,56,59,60,62)/b8-7+,52-15?. The SMILES string of the molecule is COc1cc2c(cc1Nc1ncc(Br)c(Nc3ccc4nccnc4c3N(C)SC)n1)-c1cnn(C)c1CCN2C1CCOC(/C=C/C=Nc2ccc(Nc3nc(Cl)ncc3Br)c(N(C)SC)c2N)C1. The van der Waals surface area contributed by atoms with E-state index in [4.69, 9.17) is 41.9 Å². The van der Waals surface area contributed by atoms with Gasteiger partial charge in [-0.25, -0.2) is 9.97 Å². The van der Waals surface area contributed by atoms with Crippen LogP contribution in [0.4, 0.5) is 63.1 Å². The van der Waals surface area contributed by atoms with Gasteiger partial charge in [0.25, 0.3) is 0 Å². The summed E-state index contributed by atoms with van der Waals surface area (Å²) >= 11 is 16.4. The second-order valence-corrected chi connectivity index (χ2v) is 20.0. The summed E-state index contributed by atoms with van der Waals surface area (Å²) in [6.45, 7) is 1.39. The summed E-state index contributed by atoms with van der Waals surface area (Å²) in [5.41, 5.74) is 17.7. The summed E-state index contributed by atoms with van der Waals surface area (Å²) in [5.74, 6) is 2.12. The topological polar surface area (TPSA) is 198 Å². The molecule has 2 aliphatic rings. The Morgan fingerprint density at radius 1 is 0.900 bits per heavy atom. The average Bonchev–Trinajstić information content (AvgIpc) is 3.65. The van der Waals surface area contributed by atoms with Crippen LogP contribution >= 0.6 is 67.4 Å². The van der Waals surface area contributed by atoms with E-state index in [1.165, 1.54) is 11.9 Å². The summed E-state index contributed by atoms with van der Waals surface area (Å²) in [4.78, 5) is 34.4. The van der Waals surface area contributed by atoms with Gasteiger partial charge < -0.3 is 44.7 Å². The van der Waals surface area contributed by atoms with Crippen LogP contribution in [0.3, 0.4) is 0 Å². The van der Waals surface area contributed by atoms with Crippen LogP contribution in [0.1, 0.15) is 18.5 Å². The molecule has 0 bridgehead atoms. The van der Waals surface area contributed by atoms with Crippen molar-refractivity contribution in [3.63, 3.8) is 0 Å². The molecule has 2 unspecified atom stereocenters. The number of nitrogen functional groups attached to an aromatic ring is 1. The zero-order chi connectivity index (χ0) is 49.1. The molecule has 0 spiro atoms. The molecule has 2 atom stereocenters. The lowest BCUT2D eigenvalue weighted by molar-refractivity contribution is 0.0360. The molecule has 18 nitrogen and oxygen atoms in total. The highest BCUT2D eigenvalue weighted by atomic mass is 79.9. The molecule has 0 radical (unpaired) electrons. The minimum absolute atomic E-state index is 0.127. The van der Waals surface area contributed by atoms with Crippen LogP contribution in [0.15, 0.2) is 93.5 Å². The van der Waals surface area contributed by atoms with Crippen LogP contribution in [-0.2, 0) is 18.2 Å². The number of aliphatic imine (C=N–C) groups is 1. The van der Waals surface area contributed by atoms with Crippen LogP contribution in [-0.4, -0.2) is 105 Å². The molecule has 2 aliphatic heterocycles. The number of halogens is 3. The van der Waals surface area contributed by atoms with Crippen molar-refractivity contribution in [3.8, 4) is 16.9 Å². The number of rotatable bonds is 15. The molecule has 23 heteroatoms. The third-order valence-electron chi connectivity index (χ3n) is 12.1. The lowest BCUT2D eigenvalue weighted by Crippen LogP contribution is -2.43. The second-order valence-electron chi connectivity index (χ2n) is 16.1. The van der Waals surface area contributed by atoms with Crippen molar-refractivity contribution in [1.29, 1.82) is 0 Å². The Kier molecular flexibility index (Phi) is 15.2. The highest BCUT2D eigenvalue weighted by Crippen LogP contribution is 2.46. The van der Waals surface area contributed by atoms with E-state index < -0.39 is 0 Å². The fourth-order valence-corrected chi connectivity index (χ4v) is 10.1. The van der Waals surface area contributed by atoms with Gasteiger partial charge in [-0.15, -0.1) is 0 Å². The summed E-state index contributed by atoms with van der Waals surface area (Å²) in [7, 11) is 7.61. The molecule has 362 valence electrons. The van der Waals surface area contributed by atoms with E-state index in [0.29, 0.717) is 55.9 Å². The van der Waals surface area contributed by atoms with E-state index in [-0.39, 0.29) is 17.4 Å². The van der Waals surface area contributed by atoms with Gasteiger partial charge in [0.05, 0.1) is 73.7 Å². The first-order chi connectivity index (χ1) is 33.9. The van der Waals surface area contributed by atoms with Gasteiger partial charge >= 0.3 is 0 Å². The van der Waals surface area contributed by atoms with Gasteiger partial charge in [0.2, 0.25) is 11.2 Å². The zero-order valence-corrected chi connectivity index (χ0v) is 44.5. The first-order valence-electron chi connectivity index (χ1n) is 22.0. The number of ether oxygens (including phenoxy) is 2. The number of fused-ring (bicyclic) bond motifs is 4. The van der Waals surface area contributed by atoms with Crippen molar-refractivity contribution in [2.45, 2.75) is 31.4 Å². The molecule has 0 aliphatic carbocycles. The van der Waals surface area contributed by atoms with Crippen molar-refractivity contribution in [3.05, 3.63) is 99.5 Å². The molecule has 3 aromatic carbocycles. The van der Waals surface area contributed by atoms with Gasteiger partial charge in [-0.1, -0.05) is 30.0 Å². The molecule has 0 amide bonds. The molecule has 5 N–H and O–H groups in total. The quantitative estimate of drug-likeness (QED) is 0.0327. The molecule has 6 heterocycles. The molecule has 1 saturated heterocycles. The van der Waals surface area contributed by atoms with Crippen LogP contribution in [0.25, 0.3) is 22.2 Å². The molecular weight excluding hydrogens is 1080 g/mol. The monoisotopic (exact) mass is 1130 g/mol. The Morgan fingerprint density at radius 3 is 2.41 bits per heavy atom. The number of methoxy groups -OCH3 is 1. The highest BCUT2D eigenvalue weighted by molar-refractivity contribution is 9.11. The van der Waals surface area contributed by atoms with E-state index in [1.807, 2.05) is 79.2 Å². The molecule has 0 saturated carbocycles. The highest BCUT2D eigenvalue weighted by Gasteiger charge is 2.32. The van der Waals surface area contributed by atoms with Crippen molar-refractivity contribution in [1.82, 2.24) is 39.7 Å². The molecule has 9 rings (SSSR count). The lowest BCUT2D eigenvalue weighted by atomic mass is 9.98. The normalized spacial score (nSPS) is 15.8. The lowest BCUT2D eigenvalue weighted by Gasteiger charge is -2.39. The van der Waals surface area contributed by atoms with Crippen molar-refractivity contribution < 1.29 is 9.47 Å². The summed E-state index contributed by atoms with van der Waals surface area (Å²) < 4.78 is 19.8. The predicted octanol–water partition coefficient (Wildman–Crippen LogP) is 10.9. The van der Waals surface area contributed by atoms with Crippen LogP contribution in [0.5, 0.6) is 5.75 Å². The Bertz CT molecular complexity index is 3130. The largest absolute Gasteiger partial charge is 0.494 e. The third kappa shape index (κ3) is 10.3. The van der Waals surface area contributed by atoms with Gasteiger partial charge in [-0.2, -0.15) is 15.1 Å². The Morgan fingerprint density at radius 2 is 1.63 bits per heavy atom. The Balaban J connectivity index is 0.955. The Labute approximate surface area is 435 Å². The van der Waals surface area contributed by atoms with Crippen molar-refractivity contribution in [2.24, 2.45) is 12.0 Å². The number of aromatic nitrogens is 8. The number of hydrogen-bond donors (Lipinski definition) is 4. The minimum atomic E-state index is -0.138. The number of benzene rings is 3. The van der Waals surface area contributed by atoms with Gasteiger partial charge in [-0.05, 0) is 92.7 Å². The van der Waals surface area contributed by atoms with Gasteiger partial charge in [0, 0.05) is 119 Å². The molecule has 1 fully saturated rings. The maximum atomic E-state index is 6.76. The van der Waals surface area contributed by atoms with Crippen molar-refractivity contribution >= 4 is 148 Å². The summed E-state index contributed by atoms with van der Waals surface area (Å²) in [6, 6.07) is 12.1. The van der Waals surface area contributed by atoms with Gasteiger partial charge in [-0.3, -0.25) is 19.6 Å². The average molecular weight is 1130 g/mol. The van der Waals surface area contributed by atoms with Crippen molar-refractivity contribution in [2.75, 3.05) is 82.1 Å². The van der Waals surface area contributed by atoms with Gasteiger partial charge in [0.15, 0.2) is 0 Å². The summed E-state index contributed by atoms with van der Waals surface area (Å²) in [6.07, 6.45) is 20.7. The second kappa shape index (κ2) is 21.6. The third-order valence-corrected chi connectivity index (χ3v) is 14.9. The first kappa shape index (κ1) is 49.1. The summed E-state index contributed by atoms with van der Waals surface area (Å²) in [5, 5.41) is 15.1. The van der Waals surface area contributed by atoms with E-state index >= 15 is 0 Å². The predicted molar refractivity (Wildman–Crippen MR) is 295 cm³/mol. The minimum Gasteiger partial charge on any atom is -0.494 e. The number of nitrogens with one attached hydrogen (secondary N) is 3. The fourth-order valence-electron chi connectivity index (χ4n) is 8.62. The number of nitrogens with zero attached hydrogens (tertiary/aromatic N) is 12. The Hall–Kier alpha value is -5.91. The van der Waals surface area contributed by atoms with E-state index in [0.717, 1.165) is 82.1 Å². The zero-order valence-electron chi connectivity index (χ0n) is 39.0. The number of allylic oxidation sites excluding steroid dienone is 1. The van der Waals surface area contributed by atoms with E-state index in [9.17, 15) is 0 Å². The van der Waals surface area contributed by atoms with Crippen LogP contribution < -0.4 is 39.9 Å². The number of nitrogens with two attached hydrogens (primary N) is 1. The molecule has 70 heavy (non-hydrogen) atoms. The first-order valence-corrected chi connectivity index (χ1v) is 26.3. The van der Waals surface area contributed by atoms with Gasteiger partial charge in [0.1, 0.15) is 22.9 Å². The van der Waals surface area contributed by atoms with Crippen LogP contribution in [0, 0.1) is 0 Å². The molecule has 7 aromatic rings. The number of aryl methyl sites for hydroxylation is 1. The molecule has 4 aromatic heterocycles. The number of hydrogen-bond acceptors (Lipinski definition) is 19. The van der Waals surface area contributed by atoms with Crippen LogP contribution in [0.2, 0.25) is 5.28 Å². The number of anilines is 10. The maximum Gasteiger partial charge on any atom is 0.229 e. The van der Waals surface area contributed by atoms with E-state index in [1.54, 1.807) is 50.1 Å². The fraction of sp³-hybridized carbons (Fsp3) is 0.277.